The number of aliphatic carboxylic acids is 1. The molecule has 2 aliphatic rings. The third-order valence-electron chi connectivity index (χ3n) is 4.43. The van der Waals surface area contributed by atoms with Crippen molar-refractivity contribution in [1.29, 1.82) is 0 Å². The van der Waals surface area contributed by atoms with Crippen molar-refractivity contribution in [2.24, 2.45) is 11.8 Å². The summed E-state index contributed by atoms with van der Waals surface area (Å²) in [6, 6.07) is -0.654. The van der Waals surface area contributed by atoms with E-state index in [4.69, 9.17) is 0 Å². The van der Waals surface area contributed by atoms with Gasteiger partial charge in [0, 0.05) is 12.2 Å². The number of carboxylic acid groups (broad SMARTS) is 1. The van der Waals surface area contributed by atoms with Crippen molar-refractivity contribution < 1.29 is 14.7 Å². The molecule has 2 rings (SSSR count). The summed E-state index contributed by atoms with van der Waals surface area (Å²) in [5.74, 6) is 0.445. The van der Waals surface area contributed by atoms with E-state index >= 15 is 0 Å². The minimum Gasteiger partial charge on any atom is -0.480 e. The molecule has 2 fully saturated rings. The highest BCUT2D eigenvalue weighted by Crippen LogP contribution is 2.31. The molecule has 4 atom stereocenters. The fourth-order valence-electron chi connectivity index (χ4n) is 3.12. The van der Waals surface area contributed by atoms with Gasteiger partial charge in [-0.3, -0.25) is 4.79 Å². The van der Waals surface area contributed by atoms with Crippen LogP contribution in [0.2, 0.25) is 0 Å². The van der Waals surface area contributed by atoms with Gasteiger partial charge in [0.05, 0.1) is 5.37 Å². The van der Waals surface area contributed by atoms with Gasteiger partial charge < -0.3 is 15.3 Å². The zero-order chi connectivity index (χ0) is 14.7. The number of carboxylic acids is 1. The molecule has 6 heteroatoms. The van der Waals surface area contributed by atoms with E-state index in [1.165, 1.54) is 0 Å². The topological polar surface area (TPSA) is 69.6 Å². The Labute approximate surface area is 124 Å². The first-order chi connectivity index (χ1) is 9.50. The molecule has 0 aromatic rings. The first-order valence-electron chi connectivity index (χ1n) is 7.37. The number of nitrogens with zero attached hydrogens (tertiary/aromatic N) is 1. The Hall–Kier alpha value is -0.750. The molecule has 0 radical (unpaired) electrons. The van der Waals surface area contributed by atoms with Crippen LogP contribution in [-0.4, -0.2) is 52.1 Å². The minimum absolute atomic E-state index is 0.00651. The van der Waals surface area contributed by atoms with Crippen LogP contribution in [0.1, 0.15) is 33.1 Å². The Morgan fingerprint density at radius 3 is 2.85 bits per heavy atom. The van der Waals surface area contributed by atoms with Crippen molar-refractivity contribution in [3.63, 3.8) is 0 Å². The zero-order valence-electron chi connectivity index (χ0n) is 12.2. The lowest BCUT2D eigenvalue weighted by atomic mass is 9.85. The van der Waals surface area contributed by atoms with Gasteiger partial charge >= 0.3 is 5.97 Å². The van der Waals surface area contributed by atoms with E-state index in [9.17, 15) is 14.7 Å². The van der Waals surface area contributed by atoms with Crippen LogP contribution in [0, 0.1) is 11.8 Å². The lowest BCUT2D eigenvalue weighted by Crippen LogP contribution is -2.46. The van der Waals surface area contributed by atoms with Crippen molar-refractivity contribution in [1.82, 2.24) is 10.2 Å². The predicted octanol–water partition coefficient (Wildman–Crippen LogP) is 1.39. The molecule has 0 aliphatic carbocycles. The van der Waals surface area contributed by atoms with Crippen LogP contribution in [0.15, 0.2) is 0 Å². The van der Waals surface area contributed by atoms with Gasteiger partial charge in [0.15, 0.2) is 0 Å². The second kappa shape index (κ2) is 6.80. The summed E-state index contributed by atoms with van der Waals surface area (Å²) in [5, 5.41) is 12.6. The van der Waals surface area contributed by atoms with Gasteiger partial charge in [0.1, 0.15) is 6.04 Å². The summed E-state index contributed by atoms with van der Waals surface area (Å²) in [6.07, 6.45) is 2.78. The lowest BCUT2D eigenvalue weighted by Gasteiger charge is -2.31. The molecule has 0 saturated carbocycles. The Bertz CT molecular complexity index is 371. The number of carbonyl (C=O) groups is 2. The third-order valence-corrected chi connectivity index (χ3v) is 5.65. The maximum atomic E-state index is 12.5. The van der Waals surface area contributed by atoms with Crippen LogP contribution in [-0.2, 0) is 9.59 Å². The number of nitrogens with one attached hydrogen (secondary N) is 1. The van der Waals surface area contributed by atoms with Crippen molar-refractivity contribution in [3.8, 4) is 0 Å². The smallest absolute Gasteiger partial charge is 0.327 e. The van der Waals surface area contributed by atoms with E-state index in [0.717, 1.165) is 25.9 Å². The van der Waals surface area contributed by atoms with E-state index in [0.29, 0.717) is 24.0 Å². The van der Waals surface area contributed by atoms with Crippen LogP contribution in [0.3, 0.4) is 0 Å². The molecule has 0 aromatic heterocycles. The molecule has 2 N–H and O–H groups in total. The summed E-state index contributed by atoms with van der Waals surface area (Å²) >= 11 is 1.54. The number of thioether (sulfide) groups is 1. The highest BCUT2D eigenvalue weighted by molar-refractivity contribution is 8.00. The van der Waals surface area contributed by atoms with Crippen LogP contribution in [0.5, 0.6) is 0 Å². The first kappa shape index (κ1) is 15.6. The van der Waals surface area contributed by atoms with Gasteiger partial charge in [-0.05, 0) is 44.7 Å². The Kier molecular flexibility index (Phi) is 5.32. The van der Waals surface area contributed by atoms with Crippen molar-refractivity contribution >= 4 is 23.6 Å². The molecule has 114 valence electrons. The average molecular weight is 300 g/mol. The number of hydrogen-bond acceptors (Lipinski definition) is 4. The summed E-state index contributed by atoms with van der Waals surface area (Å²) in [7, 11) is 0. The molecule has 20 heavy (non-hydrogen) atoms. The number of carbonyl (C=O) groups excluding carboxylic acids is 1. The average Bonchev–Trinajstić information content (AvgIpc) is 2.81. The van der Waals surface area contributed by atoms with Gasteiger partial charge in [-0.15, -0.1) is 11.8 Å². The van der Waals surface area contributed by atoms with Crippen LogP contribution < -0.4 is 5.32 Å². The summed E-state index contributed by atoms with van der Waals surface area (Å²) < 4.78 is 0. The van der Waals surface area contributed by atoms with Crippen LogP contribution in [0.4, 0.5) is 0 Å². The second-order valence-corrected chi connectivity index (χ2v) is 7.22. The molecule has 0 spiro atoms. The first-order valence-corrected chi connectivity index (χ1v) is 8.42. The van der Waals surface area contributed by atoms with E-state index < -0.39 is 12.0 Å². The molecular weight excluding hydrogens is 276 g/mol. The highest BCUT2D eigenvalue weighted by Gasteiger charge is 2.40. The zero-order valence-corrected chi connectivity index (χ0v) is 13.0. The van der Waals surface area contributed by atoms with Gasteiger partial charge in [-0.2, -0.15) is 0 Å². The Balaban J connectivity index is 1.94. The van der Waals surface area contributed by atoms with E-state index in [2.05, 4.69) is 12.2 Å². The Morgan fingerprint density at radius 2 is 2.25 bits per heavy atom. The predicted molar refractivity (Wildman–Crippen MR) is 79.6 cm³/mol. The standard InChI is InChI=1S/C14H24N2O3S/c1-9(11-4-3-5-15-7-11)6-13(17)16-10(2)20-8-12(16)14(18)19/h9-12,15H,3-8H2,1-2H3,(H,18,19). The summed E-state index contributed by atoms with van der Waals surface area (Å²) in [6.45, 7) is 6.07. The van der Waals surface area contributed by atoms with Crippen molar-refractivity contribution in [2.45, 2.75) is 44.5 Å². The van der Waals surface area contributed by atoms with Gasteiger partial charge in [-0.25, -0.2) is 4.79 Å². The van der Waals surface area contributed by atoms with E-state index in [1.807, 2.05) is 6.92 Å². The van der Waals surface area contributed by atoms with Gasteiger partial charge in [-0.1, -0.05) is 6.92 Å². The minimum atomic E-state index is -0.887. The van der Waals surface area contributed by atoms with Crippen molar-refractivity contribution in [3.05, 3.63) is 0 Å². The highest BCUT2D eigenvalue weighted by atomic mass is 32.2. The monoisotopic (exact) mass is 300 g/mol. The number of hydrogen-bond donors (Lipinski definition) is 2. The molecule has 0 bridgehead atoms. The fraction of sp³-hybridized carbons (Fsp3) is 0.857. The van der Waals surface area contributed by atoms with E-state index in [-0.39, 0.29) is 11.3 Å². The maximum Gasteiger partial charge on any atom is 0.327 e. The molecule has 5 nitrogen and oxygen atoms in total. The molecule has 2 aliphatic heterocycles. The number of amides is 1. The van der Waals surface area contributed by atoms with Crippen LogP contribution in [0.25, 0.3) is 0 Å². The quantitative estimate of drug-likeness (QED) is 0.821. The SMILES string of the molecule is CC(CC(=O)N1C(C)SCC1C(=O)O)C1CCCNC1. The lowest BCUT2D eigenvalue weighted by molar-refractivity contribution is -0.149. The molecule has 0 aromatic carbocycles. The second-order valence-electron chi connectivity index (χ2n) is 5.88. The summed E-state index contributed by atoms with van der Waals surface area (Å²) in [5.41, 5.74) is 0. The van der Waals surface area contributed by atoms with Crippen LogP contribution >= 0.6 is 11.8 Å². The molecule has 1 amide bonds. The van der Waals surface area contributed by atoms with E-state index in [1.54, 1.807) is 16.7 Å². The van der Waals surface area contributed by atoms with Gasteiger partial charge in [0.2, 0.25) is 5.91 Å². The molecular formula is C14H24N2O3S. The third kappa shape index (κ3) is 3.47. The maximum absolute atomic E-state index is 12.5. The largest absolute Gasteiger partial charge is 0.480 e. The van der Waals surface area contributed by atoms with Gasteiger partial charge in [0.25, 0.3) is 0 Å². The molecule has 2 heterocycles. The summed E-state index contributed by atoms with van der Waals surface area (Å²) in [4.78, 5) is 25.3. The normalized spacial score (nSPS) is 32.1. The number of piperidine rings is 1. The number of rotatable bonds is 4. The molecule has 2 saturated heterocycles. The fourth-order valence-corrected chi connectivity index (χ4v) is 4.31. The Morgan fingerprint density at radius 1 is 1.50 bits per heavy atom. The van der Waals surface area contributed by atoms with Crippen molar-refractivity contribution in [2.75, 3.05) is 18.8 Å². The molecule has 4 unspecified atom stereocenters.